The maximum atomic E-state index is 11.9. The number of carbonyl (C=O) groups excluding carboxylic acids is 1. The second-order valence-corrected chi connectivity index (χ2v) is 4.11. The standard InChI is InChI=1S/C14H14O4/c1-18-14(17)8-7-11(12(15)9-14)13(16)10-5-3-2-4-6-10/h2-8,16-17H,9H2,1H3. The molecule has 1 aliphatic carbocycles. The summed E-state index contributed by atoms with van der Waals surface area (Å²) >= 11 is 0. The van der Waals surface area contributed by atoms with Crippen molar-refractivity contribution in [3.8, 4) is 0 Å². The molecule has 0 aromatic heterocycles. The molecule has 0 aliphatic heterocycles. The molecule has 0 radical (unpaired) electrons. The van der Waals surface area contributed by atoms with Gasteiger partial charge in [0.2, 0.25) is 0 Å². The fraction of sp³-hybridized carbons (Fsp3) is 0.214. The number of carbonyl (C=O) groups is 1. The van der Waals surface area contributed by atoms with Gasteiger partial charge in [0.05, 0.1) is 12.0 Å². The van der Waals surface area contributed by atoms with Gasteiger partial charge in [0, 0.05) is 12.7 Å². The van der Waals surface area contributed by atoms with Gasteiger partial charge >= 0.3 is 0 Å². The first-order valence-electron chi connectivity index (χ1n) is 5.54. The fourth-order valence-corrected chi connectivity index (χ4v) is 1.79. The van der Waals surface area contributed by atoms with Crippen LogP contribution in [0.5, 0.6) is 0 Å². The number of aliphatic hydroxyl groups is 2. The van der Waals surface area contributed by atoms with Crippen molar-refractivity contribution in [2.24, 2.45) is 0 Å². The molecule has 1 aliphatic rings. The number of ketones is 1. The molecule has 0 fully saturated rings. The number of benzene rings is 1. The molecule has 0 bridgehead atoms. The van der Waals surface area contributed by atoms with Crippen molar-refractivity contribution >= 4 is 11.5 Å². The summed E-state index contributed by atoms with van der Waals surface area (Å²) < 4.78 is 4.83. The first kappa shape index (κ1) is 12.5. The Morgan fingerprint density at radius 2 is 2.00 bits per heavy atom. The molecular weight excluding hydrogens is 232 g/mol. The average molecular weight is 246 g/mol. The van der Waals surface area contributed by atoms with E-state index in [1.807, 2.05) is 6.07 Å². The summed E-state index contributed by atoms with van der Waals surface area (Å²) in [6.07, 6.45) is 2.55. The zero-order valence-electron chi connectivity index (χ0n) is 9.96. The van der Waals surface area contributed by atoms with Crippen LogP contribution in [0.25, 0.3) is 5.76 Å². The van der Waals surface area contributed by atoms with Crippen LogP contribution in [0.4, 0.5) is 0 Å². The zero-order valence-corrected chi connectivity index (χ0v) is 9.96. The van der Waals surface area contributed by atoms with Crippen molar-refractivity contribution in [3.63, 3.8) is 0 Å². The smallest absolute Gasteiger partial charge is 0.192 e. The number of hydrogen-bond acceptors (Lipinski definition) is 4. The van der Waals surface area contributed by atoms with Gasteiger partial charge in [-0.2, -0.15) is 0 Å². The highest BCUT2D eigenvalue weighted by Crippen LogP contribution is 2.27. The van der Waals surface area contributed by atoms with Crippen LogP contribution in [0.3, 0.4) is 0 Å². The van der Waals surface area contributed by atoms with Gasteiger partial charge in [0.1, 0.15) is 5.76 Å². The molecule has 4 heteroatoms. The van der Waals surface area contributed by atoms with Gasteiger partial charge in [-0.15, -0.1) is 0 Å². The van der Waals surface area contributed by atoms with E-state index in [-0.39, 0.29) is 23.5 Å². The lowest BCUT2D eigenvalue weighted by Gasteiger charge is -2.25. The number of hydrogen-bond donors (Lipinski definition) is 2. The molecule has 1 aromatic rings. The largest absolute Gasteiger partial charge is 0.507 e. The minimum absolute atomic E-state index is 0.0880. The van der Waals surface area contributed by atoms with Crippen molar-refractivity contribution in [2.75, 3.05) is 7.11 Å². The van der Waals surface area contributed by atoms with E-state index in [1.165, 1.54) is 19.3 Å². The number of ether oxygens (including phenoxy) is 1. The van der Waals surface area contributed by atoms with Gasteiger partial charge in [-0.1, -0.05) is 30.3 Å². The van der Waals surface area contributed by atoms with Crippen LogP contribution in [0.2, 0.25) is 0 Å². The van der Waals surface area contributed by atoms with Gasteiger partial charge in [0.25, 0.3) is 0 Å². The summed E-state index contributed by atoms with van der Waals surface area (Å²) in [6, 6.07) is 8.79. The van der Waals surface area contributed by atoms with Gasteiger partial charge in [-0.05, 0) is 12.2 Å². The summed E-state index contributed by atoms with van der Waals surface area (Å²) in [5.41, 5.74) is 0.747. The first-order chi connectivity index (χ1) is 8.56. The molecule has 18 heavy (non-hydrogen) atoms. The van der Waals surface area contributed by atoms with Crippen LogP contribution in [0, 0.1) is 0 Å². The predicted molar refractivity (Wildman–Crippen MR) is 66.7 cm³/mol. The summed E-state index contributed by atoms with van der Waals surface area (Å²) in [6.45, 7) is 0. The Labute approximate surface area is 105 Å². The van der Waals surface area contributed by atoms with Crippen LogP contribution in [0.15, 0.2) is 48.1 Å². The highest BCUT2D eigenvalue weighted by molar-refractivity contribution is 6.05. The summed E-state index contributed by atoms with van der Waals surface area (Å²) in [7, 11) is 1.32. The lowest BCUT2D eigenvalue weighted by atomic mass is 9.93. The summed E-state index contributed by atoms with van der Waals surface area (Å²) in [5, 5.41) is 19.8. The third-order valence-electron chi connectivity index (χ3n) is 2.88. The molecule has 0 heterocycles. The zero-order chi connectivity index (χ0) is 13.2. The van der Waals surface area contributed by atoms with E-state index >= 15 is 0 Å². The quantitative estimate of drug-likeness (QED) is 0.474. The van der Waals surface area contributed by atoms with Crippen LogP contribution in [0.1, 0.15) is 12.0 Å². The minimum atomic E-state index is -1.57. The Bertz CT molecular complexity index is 516. The topological polar surface area (TPSA) is 66.8 Å². The molecule has 0 saturated carbocycles. The first-order valence-corrected chi connectivity index (χ1v) is 5.54. The maximum Gasteiger partial charge on any atom is 0.192 e. The van der Waals surface area contributed by atoms with E-state index in [9.17, 15) is 15.0 Å². The third kappa shape index (κ3) is 2.34. The molecular formula is C14H14O4. The van der Waals surface area contributed by atoms with E-state index in [0.717, 1.165) is 0 Å². The van der Waals surface area contributed by atoms with Crippen LogP contribution in [-0.4, -0.2) is 28.9 Å². The Hall–Kier alpha value is -1.91. The monoisotopic (exact) mass is 246 g/mol. The van der Waals surface area contributed by atoms with E-state index < -0.39 is 5.79 Å². The van der Waals surface area contributed by atoms with Crippen molar-refractivity contribution in [1.82, 2.24) is 0 Å². The second-order valence-electron chi connectivity index (χ2n) is 4.11. The minimum Gasteiger partial charge on any atom is -0.507 e. The summed E-state index contributed by atoms with van der Waals surface area (Å²) in [5.74, 6) is -2.02. The molecule has 0 spiro atoms. The van der Waals surface area contributed by atoms with Crippen molar-refractivity contribution in [3.05, 3.63) is 53.6 Å². The Morgan fingerprint density at radius 1 is 1.33 bits per heavy atom. The fourth-order valence-electron chi connectivity index (χ4n) is 1.79. The third-order valence-corrected chi connectivity index (χ3v) is 2.88. The maximum absolute atomic E-state index is 11.9. The van der Waals surface area contributed by atoms with Crippen LogP contribution >= 0.6 is 0 Å². The SMILES string of the molecule is COC1(O)C=CC(=C(O)c2ccccc2)C(=O)C1. The number of methoxy groups -OCH3 is 1. The van der Waals surface area contributed by atoms with E-state index in [2.05, 4.69) is 0 Å². The molecule has 1 aromatic carbocycles. The van der Waals surface area contributed by atoms with E-state index in [1.54, 1.807) is 24.3 Å². The molecule has 0 amide bonds. The molecule has 1 unspecified atom stereocenters. The van der Waals surface area contributed by atoms with Crippen molar-refractivity contribution < 1.29 is 19.7 Å². The number of aliphatic hydroxyl groups excluding tert-OH is 1. The predicted octanol–water partition coefficient (Wildman–Crippen LogP) is 1.82. The molecule has 4 nitrogen and oxygen atoms in total. The van der Waals surface area contributed by atoms with Gasteiger partial charge in [-0.25, -0.2) is 0 Å². The van der Waals surface area contributed by atoms with Crippen molar-refractivity contribution in [1.29, 1.82) is 0 Å². The molecule has 94 valence electrons. The van der Waals surface area contributed by atoms with E-state index in [0.29, 0.717) is 5.56 Å². The number of Topliss-reactive ketones (excluding diaryl/α,β-unsaturated/α-hetero) is 1. The Balaban J connectivity index is 2.41. The van der Waals surface area contributed by atoms with Crippen LogP contribution in [-0.2, 0) is 9.53 Å². The molecule has 0 saturated heterocycles. The summed E-state index contributed by atoms with van der Waals surface area (Å²) in [4.78, 5) is 11.9. The number of allylic oxidation sites excluding steroid dienone is 2. The van der Waals surface area contributed by atoms with Gasteiger partial charge < -0.3 is 14.9 Å². The molecule has 2 rings (SSSR count). The second kappa shape index (κ2) is 4.76. The van der Waals surface area contributed by atoms with Gasteiger partial charge in [0.15, 0.2) is 11.6 Å². The lowest BCUT2D eigenvalue weighted by molar-refractivity contribution is -0.160. The van der Waals surface area contributed by atoms with Gasteiger partial charge in [-0.3, -0.25) is 4.79 Å². The normalized spacial score (nSPS) is 26.2. The lowest BCUT2D eigenvalue weighted by Crippen LogP contribution is -2.34. The Morgan fingerprint density at radius 3 is 2.56 bits per heavy atom. The number of rotatable bonds is 2. The van der Waals surface area contributed by atoms with Crippen molar-refractivity contribution in [2.45, 2.75) is 12.2 Å². The molecule has 2 N–H and O–H groups in total. The highest BCUT2D eigenvalue weighted by atomic mass is 16.6. The average Bonchev–Trinajstić information content (AvgIpc) is 2.39. The molecule has 1 atom stereocenters. The Kier molecular flexibility index (Phi) is 3.32. The highest BCUT2D eigenvalue weighted by Gasteiger charge is 2.33. The van der Waals surface area contributed by atoms with E-state index in [4.69, 9.17) is 4.74 Å². The van der Waals surface area contributed by atoms with Crippen LogP contribution < -0.4 is 0 Å².